The molecule has 3 aromatic rings. The van der Waals surface area contributed by atoms with Crippen molar-refractivity contribution in [1.82, 2.24) is 5.32 Å². The Kier molecular flexibility index (Phi) is 7.29. The number of benzene rings is 3. The molecule has 3 nitrogen and oxygen atoms in total. The molecule has 0 radical (unpaired) electrons. The van der Waals surface area contributed by atoms with Crippen molar-refractivity contribution in [3.8, 4) is 11.5 Å². The summed E-state index contributed by atoms with van der Waals surface area (Å²) in [4.78, 5) is 0. The van der Waals surface area contributed by atoms with E-state index < -0.39 is 0 Å². The zero-order chi connectivity index (χ0) is 19.8. The standard InChI is InChI=1S/C23H23ClFNO2/c1-27-22-5-3-2-4-18(22)12-13-26-15-19-14-20(24)8-11-23(19)28-16-17-6-9-21(25)10-7-17/h2-11,14,26H,12-13,15-16H2,1H3. The first-order valence-electron chi connectivity index (χ1n) is 9.14. The molecule has 0 unspecified atom stereocenters. The second-order valence-electron chi connectivity index (χ2n) is 6.41. The van der Waals surface area contributed by atoms with Crippen LogP contribution < -0.4 is 14.8 Å². The Morgan fingerprint density at radius 1 is 0.929 bits per heavy atom. The number of hydrogen-bond acceptors (Lipinski definition) is 3. The van der Waals surface area contributed by atoms with Gasteiger partial charge in [0.15, 0.2) is 0 Å². The van der Waals surface area contributed by atoms with E-state index in [0.717, 1.165) is 41.2 Å². The van der Waals surface area contributed by atoms with Crippen molar-refractivity contribution >= 4 is 11.6 Å². The number of hydrogen-bond donors (Lipinski definition) is 1. The van der Waals surface area contributed by atoms with Gasteiger partial charge in [0, 0.05) is 17.1 Å². The zero-order valence-electron chi connectivity index (χ0n) is 15.8. The van der Waals surface area contributed by atoms with Gasteiger partial charge in [0.2, 0.25) is 0 Å². The minimum Gasteiger partial charge on any atom is -0.496 e. The molecule has 0 aliphatic carbocycles. The van der Waals surface area contributed by atoms with Crippen LogP contribution >= 0.6 is 11.6 Å². The highest BCUT2D eigenvalue weighted by molar-refractivity contribution is 6.30. The minimum atomic E-state index is -0.254. The van der Waals surface area contributed by atoms with Gasteiger partial charge in [0.25, 0.3) is 0 Å². The fourth-order valence-electron chi connectivity index (χ4n) is 2.92. The van der Waals surface area contributed by atoms with Crippen LogP contribution in [0.4, 0.5) is 4.39 Å². The van der Waals surface area contributed by atoms with Gasteiger partial charge in [0.05, 0.1) is 7.11 Å². The van der Waals surface area contributed by atoms with Crippen molar-refractivity contribution in [2.45, 2.75) is 19.6 Å². The van der Waals surface area contributed by atoms with E-state index in [2.05, 4.69) is 11.4 Å². The third kappa shape index (κ3) is 5.72. The highest BCUT2D eigenvalue weighted by Crippen LogP contribution is 2.24. The van der Waals surface area contributed by atoms with E-state index in [-0.39, 0.29) is 5.82 Å². The molecule has 5 heteroatoms. The van der Waals surface area contributed by atoms with E-state index in [1.54, 1.807) is 25.3 Å². The summed E-state index contributed by atoms with van der Waals surface area (Å²) in [5.74, 6) is 1.41. The van der Waals surface area contributed by atoms with Crippen LogP contribution in [0.25, 0.3) is 0 Å². The van der Waals surface area contributed by atoms with Gasteiger partial charge in [-0.1, -0.05) is 41.9 Å². The number of ether oxygens (including phenoxy) is 2. The van der Waals surface area contributed by atoms with Gasteiger partial charge < -0.3 is 14.8 Å². The average molecular weight is 400 g/mol. The Morgan fingerprint density at radius 3 is 2.50 bits per heavy atom. The quantitative estimate of drug-likeness (QED) is 0.489. The van der Waals surface area contributed by atoms with Gasteiger partial charge in [-0.2, -0.15) is 0 Å². The van der Waals surface area contributed by atoms with E-state index in [9.17, 15) is 4.39 Å². The van der Waals surface area contributed by atoms with Gasteiger partial charge in [-0.3, -0.25) is 0 Å². The Bertz CT molecular complexity index is 899. The summed E-state index contributed by atoms with van der Waals surface area (Å²) in [6.45, 7) is 1.80. The third-order valence-electron chi connectivity index (χ3n) is 4.41. The summed E-state index contributed by atoms with van der Waals surface area (Å²) in [6.07, 6.45) is 0.857. The molecule has 0 spiro atoms. The molecule has 0 aliphatic rings. The summed E-state index contributed by atoms with van der Waals surface area (Å²) < 4.78 is 24.3. The number of rotatable bonds is 9. The molecule has 0 aromatic heterocycles. The van der Waals surface area contributed by atoms with Crippen molar-refractivity contribution in [2.75, 3.05) is 13.7 Å². The summed E-state index contributed by atoms with van der Waals surface area (Å²) in [5, 5.41) is 4.09. The summed E-state index contributed by atoms with van der Waals surface area (Å²) >= 11 is 6.16. The SMILES string of the molecule is COc1ccccc1CCNCc1cc(Cl)ccc1OCc1ccc(F)cc1. The lowest BCUT2D eigenvalue weighted by atomic mass is 10.1. The largest absolute Gasteiger partial charge is 0.496 e. The van der Waals surface area contributed by atoms with E-state index in [4.69, 9.17) is 21.1 Å². The smallest absolute Gasteiger partial charge is 0.124 e. The zero-order valence-corrected chi connectivity index (χ0v) is 16.5. The molecule has 1 N–H and O–H groups in total. The van der Waals surface area contributed by atoms with Gasteiger partial charge in [-0.25, -0.2) is 4.39 Å². The van der Waals surface area contributed by atoms with Gasteiger partial charge >= 0.3 is 0 Å². The van der Waals surface area contributed by atoms with E-state index >= 15 is 0 Å². The van der Waals surface area contributed by atoms with E-state index in [0.29, 0.717) is 18.2 Å². The van der Waals surface area contributed by atoms with E-state index in [1.807, 2.05) is 30.3 Å². The van der Waals surface area contributed by atoms with Crippen molar-refractivity contribution in [3.63, 3.8) is 0 Å². The molecule has 3 aromatic carbocycles. The molecule has 28 heavy (non-hydrogen) atoms. The first-order chi connectivity index (χ1) is 13.7. The summed E-state index contributed by atoms with van der Waals surface area (Å²) in [6, 6.07) is 19.9. The summed E-state index contributed by atoms with van der Waals surface area (Å²) in [5.41, 5.74) is 3.05. The first kappa shape index (κ1) is 20.2. The van der Waals surface area contributed by atoms with Crippen LogP contribution in [0.2, 0.25) is 5.02 Å². The van der Waals surface area contributed by atoms with Gasteiger partial charge in [-0.15, -0.1) is 0 Å². The Labute approximate surface area is 170 Å². The maximum atomic E-state index is 13.0. The summed E-state index contributed by atoms with van der Waals surface area (Å²) in [7, 11) is 1.68. The Balaban J connectivity index is 1.57. The van der Waals surface area contributed by atoms with Crippen molar-refractivity contribution in [1.29, 1.82) is 0 Å². The lowest BCUT2D eigenvalue weighted by Crippen LogP contribution is -2.17. The molecule has 0 heterocycles. The van der Waals surface area contributed by atoms with Crippen LogP contribution in [0.5, 0.6) is 11.5 Å². The van der Waals surface area contributed by atoms with Crippen molar-refractivity contribution in [3.05, 3.63) is 94.3 Å². The van der Waals surface area contributed by atoms with Crippen LogP contribution in [0, 0.1) is 5.82 Å². The number of para-hydroxylation sites is 1. The molecule has 0 bridgehead atoms. The molecule has 0 aliphatic heterocycles. The second-order valence-corrected chi connectivity index (χ2v) is 6.84. The predicted molar refractivity (Wildman–Crippen MR) is 111 cm³/mol. The Morgan fingerprint density at radius 2 is 1.71 bits per heavy atom. The van der Waals surface area contributed by atoms with Crippen LogP contribution in [-0.4, -0.2) is 13.7 Å². The molecule has 0 saturated heterocycles. The lowest BCUT2D eigenvalue weighted by molar-refractivity contribution is 0.302. The number of nitrogens with one attached hydrogen (secondary N) is 1. The first-order valence-corrected chi connectivity index (χ1v) is 9.52. The third-order valence-corrected chi connectivity index (χ3v) is 4.64. The predicted octanol–water partition coefficient (Wildman–Crippen LogP) is 5.40. The maximum absolute atomic E-state index is 13.0. The monoisotopic (exact) mass is 399 g/mol. The number of halogens is 2. The molecule has 0 atom stereocenters. The molecular weight excluding hydrogens is 377 g/mol. The van der Waals surface area contributed by atoms with Crippen molar-refractivity contribution < 1.29 is 13.9 Å². The Hall–Kier alpha value is -2.56. The number of methoxy groups -OCH3 is 1. The highest BCUT2D eigenvalue weighted by Gasteiger charge is 2.07. The maximum Gasteiger partial charge on any atom is 0.124 e. The fourth-order valence-corrected chi connectivity index (χ4v) is 3.12. The van der Waals surface area contributed by atoms with E-state index in [1.165, 1.54) is 12.1 Å². The van der Waals surface area contributed by atoms with Gasteiger partial charge in [0.1, 0.15) is 23.9 Å². The van der Waals surface area contributed by atoms with Crippen molar-refractivity contribution in [2.24, 2.45) is 0 Å². The van der Waals surface area contributed by atoms with Crippen LogP contribution in [0.3, 0.4) is 0 Å². The lowest BCUT2D eigenvalue weighted by Gasteiger charge is -2.13. The fraction of sp³-hybridized carbons (Fsp3) is 0.217. The molecule has 0 amide bonds. The molecule has 0 fully saturated rings. The van der Waals surface area contributed by atoms with Gasteiger partial charge in [-0.05, 0) is 60.5 Å². The highest BCUT2D eigenvalue weighted by atomic mass is 35.5. The molecular formula is C23H23ClFNO2. The molecule has 0 saturated carbocycles. The molecule has 3 rings (SSSR count). The van der Waals surface area contributed by atoms with Crippen LogP contribution in [0.1, 0.15) is 16.7 Å². The second kappa shape index (κ2) is 10.1. The molecule has 146 valence electrons. The topological polar surface area (TPSA) is 30.5 Å². The minimum absolute atomic E-state index is 0.254. The average Bonchev–Trinajstić information content (AvgIpc) is 2.72. The normalized spacial score (nSPS) is 10.7. The van der Waals surface area contributed by atoms with Crippen LogP contribution in [-0.2, 0) is 19.6 Å². The van der Waals surface area contributed by atoms with Crippen LogP contribution in [0.15, 0.2) is 66.7 Å².